The van der Waals surface area contributed by atoms with E-state index in [2.05, 4.69) is 24.2 Å². The number of hydrogen-bond donors (Lipinski definition) is 0. The van der Waals surface area contributed by atoms with Gasteiger partial charge in [-0.05, 0) is 26.0 Å². The Morgan fingerprint density at radius 3 is 2.93 bits per heavy atom. The fourth-order valence-electron chi connectivity index (χ4n) is 1.64. The lowest BCUT2D eigenvalue weighted by Crippen LogP contribution is -2.10. The Hall–Kier alpha value is -1.49. The molecule has 1 unspecified atom stereocenters. The van der Waals surface area contributed by atoms with Crippen molar-refractivity contribution in [2.24, 2.45) is 10.9 Å². The third kappa shape index (κ3) is 2.05. The highest BCUT2D eigenvalue weighted by molar-refractivity contribution is 5.38. The van der Waals surface area contributed by atoms with Crippen LogP contribution in [0.25, 0.3) is 0 Å². The Morgan fingerprint density at radius 2 is 2.43 bits per heavy atom. The molecule has 1 aliphatic rings. The largest absolute Gasteiger partial charge is 0.497 e. The smallest absolute Gasteiger partial charge is 0.116 e. The molecule has 2 nitrogen and oxygen atoms in total. The third-order valence-corrected chi connectivity index (χ3v) is 2.54. The maximum absolute atomic E-state index is 5.40. The number of aliphatic imine (C=N–C) groups is 1. The summed E-state index contributed by atoms with van der Waals surface area (Å²) < 4.78 is 5.11. The molecule has 1 atom stereocenters. The number of hydrogen-bond acceptors (Lipinski definition) is 2. The minimum atomic E-state index is 0.280. The summed E-state index contributed by atoms with van der Waals surface area (Å²) in [6.07, 6.45) is 8.06. The molecular formula is C12H15NO. The van der Waals surface area contributed by atoms with Crippen molar-refractivity contribution in [1.82, 2.24) is 0 Å². The lowest BCUT2D eigenvalue weighted by atomic mass is 9.86. The first kappa shape index (κ1) is 10.6. The van der Waals surface area contributed by atoms with Gasteiger partial charge in [0.25, 0.3) is 0 Å². The lowest BCUT2D eigenvalue weighted by molar-refractivity contribution is 0.295. The number of terminal acetylenes is 1. The molecule has 0 N–H and O–H groups in total. The topological polar surface area (TPSA) is 21.6 Å². The van der Waals surface area contributed by atoms with Crippen molar-refractivity contribution >= 4 is 6.72 Å². The standard InChI is InChI=1S/C12H15NO/c1-5-10-6-7-12(13-3)11(8-10)9(2)14-4/h1,10H,2-3,6-8H2,4H3. The van der Waals surface area contributed by atoms with Crippen molar-refractivity contribution in [3.05, 3.63) is 23.6 Å². The highest BCUT2D eigenvalue weighted by Crippen LogP contribution is 2.33. The molecule has 1 rings (SSSR count). The molecule has 0 spiro atoms. The number of rotatable bonds is 3. The normalized spacial score (nSPS) is 21.3. The van der Waals surface area contributed by atoms with E-state index in [0.717, 1.165) is 30.5 Å². The van der Waals surface area contributed by atoms with Gasteiger partial charge in [0.05, 0.1) is 7.11 Å². The number of allylic oxidation sites excluding steroid dienone is 2. The molecule has 0 aliphatic heterocycles. The number of methoxy groups -OCH3 is 1. The Morgan fingerprint density at radius 1 is 1.71 bits per heavy atom. The second kappa shape index (κ2) is 4.66. The van der Waals surface area contributed by atoms with Gasteiger partial charge in [-0.1, -0.05) is 6.58 Å². The Bertz CT molecular complexity index is 320. The molecule has 0 heterocycles. The quantitative estimate of drug-likeness (QED) is 0.380. The second-order valence-corrected chi connectivity index (χ2v) is 3.32. The van der Waals surface area contributed by atoms with Crippen molar-refractivity contribution in [2.75, 3.05) is 7.11 Å². The molecule has 0 amide bonds. The average molecular weight is 189 g/mol. The average Bonchev–Trinajstić information content (AvgIpc) is 2.27. The van der Waals surface area contributed by atoms with Crippen molar-refractivity contribution in [2.45, 2.75) is 19.3 Å². The molecule has 14 heavy (non-hydrogen) atoms. The first-order chi connectivity index (χ1) is 6.72. The fraction of sp³-hybridized carbons (Fsp3) is 0.417. The molecule has 0 aromatic heterocycles. The molecule has 74 valence electrons. The van der Waals surface area contributed by atoms with E-state index in [-0.39, 0.29) is 5.92 Å². The van der Waals surface area contributed by atoms with Gasteiger partial charge < -0.3 is 4.74 Å². The highest BCUT2D eigenvalue weighted by atomic mass is 16.5. The van der Waals surface area contributed by atoms with Crippen molar-refractivity contribution < 1.29 is 4.74 Å². The maximum atomic E-state index is 5.40. The second-order valence-electron chi connectivity index (χ2n) is 3.32. The van der Waals surface area contributed by atoms with E-state index in [0.29, 0.717) is 5.76 Å². The SMILES string of the molecule is C#CC1CCC(N=C)=C(C(=C)OC)C1. The van der Waals surface area contributed by atoms with Gasteiger partial charge in [-0.15, -0.1) is 12.3 Å². The minimum absolute atomic E-state index is 0.280. The zero-order valence-electron chi connectivity index (χ0n) is 8.55. The molecular weight excluding hydrogens is 174 g/mol. The first-order valence-corrected chi connectivity index (χ1v) is 4.61. The van der Waals surface area contributed by atoms with Gasteiger partial charge in [0.15, 0.2) is 0 Å². The molecule has 0 aromatic carbocycles. The third-order valence-electron chi connectivity index (χ3n) is 2.54. The van der Waals surface area contributed by atoms with Gasteiger partial charge in [0.2, 0.25) is 0 Å². The van der Waals surface area contributed by atoms with Crippen LogP contribution in [0, 0.1) is 18.3 Å². The predicted octanol–water partition coefficient (Wildman–Crippen LogP) is 2.53. The zero-order chi connectivity index (χ0) is 10.6. The summed E-state index contributed by atoms with van der Waals surface area (Å²) in [7, 11) is 1.61. The van der Waals surface area contributed by atoms with Crippen molar-refractivity contribution in [3.8, 4) is 12.3 Å². The van der Waals surface area contributed by atoms with Crippen LogP contribution < -0.4 is 0 Å². The van der Waals surface area contributed by atoms with E-state index in [1.54, 1.807) is 7.11 Å². The summed E-state index contributed by atoms with van der Waals surface area (Å²) in [6, 6.07) is 0. The molecule has 0 saturated carbocycles. The van der Waals surface area contributed by atoms with E-state index < -0.39 is 0 Å². The Kier molecular flexibility index (Phi) is 3.53. The molecule has 0 fully saturated rings. The van der Waals surface area contributed by atoms with Gasteiger partial charge >= 0.3 is 0 Å². The molecule has 0 aromatic rings. The summed E-state index contributed by atoms with van der Waals surface area (Å²) >= 11 is 0. The zero-order valence-corrected chi connectivity index (χ0v) is 8.55. The number of nitrogens with zero attached hydrogens (tertiary/aromatic N) is 1. The van der Waals surface area contributed by atoms with E-state index in [1.165, 1.54) is 0 Å². The molecule has 0 saturated heterocycles. The summed E-state index contributed by atoms with van der Waals surface area (Å²) in [4.78, 5) is 3.99. The minimum Gasteiger partial charge on any atom is -0.497 e. The van der Waals surface area contributed by atoms with Crippen molar-refractivity contribution in [1.29, 1.82) is 0 Å². The van der Waals surface area contributed by atoms with Crippen LogP contribution in [-0.4, -0.2) is 13.8 Å². The monoisotopic (exact) mass is 189 g/mol. The van der Waals surface area contributed by atoms with Crippen LogP contribution in [0.3, 0.4) is 0 Å². The van der Waals surface area contributed by atoms with Crippen molar-refractivity contribution in [3.63, 3.8) is 0 Å². The molecule has 1 aliphatic carbocycles. The van der Waals surface area contributed by atoms with Crippen LogP contribution in [0.15, 0.2) is 28.6 Å². The molecule has 2 heteroatoms. The summed E-state index contributed by atoms with van der Waals surface area (Å²) in [6.45, 7) is 7.37. The van der Waals surface area contributed by atoms with Gasteiger partial charge in [-0.25, -0.2) is 0 Å². The van der Waals surface area contributed by atoms with E-state index in [1.807, 2.05) is 0 Å². The Balaban J connectivity index is 2.93. The van der Waals surface area contributed by atoms with Gasteiger partial charge in [-0.2, -0.15) is 0 Å². The van der Waals surface area contributed by atoms with E-state index in [9.17, 15) is 0 Å². The fourth-order valence-corrected chi connectivity index (χ4v) is 1.64. The summed E-state index contributed by atoms with van der Waals surface area (Å²) in [5.41, 5.74) is 2.00. The highest BCUT2D eigenvalue weighted by Gasteiger charge is 2.21. The first-order valence-electron chi connectivity index (χ1n) is 4.61. The van der Waals surface area contributed by atoms with Gasteiger partial charge in [-0.3, -0.25) is 4.99 Å². The maximum Gasteiger partial charge on any atom is 0.116 e. The Labute approximate surface area is 85.4 Å². The van der Waals surface area contributed by atoms with Crippen LogP contribution in [-0.2, 0) is 4.74 Å². The summed E-state index contributed by atoms with van der Waals surface area (Å²) in [5, 5.41) is 0. The van der Waals surface area contributed by atoms with E-state index >= 15 is 0 Å². The van der Waals surface area contributed by atoms with E-state index in [4.69, 9.17) is 11.2 Å². The van der Waals surface area contributed by atoms with Crippen LogP contribution >= 0.6 is 0 Å². The molecule has 0 radical (unpaired) electrons. The predicted molar refractivity (Wildman–Crippen MR) is 58.9 cm³/mol. The lowest BCUT2D eigenvalue weighted by Gasteiger charge is -2.22. The summed E-state index contributed by atoms with van der Waals surface area (Å²) in [5.74, 6) is 3.70. The molecule has 0 bridgehead atoms. The van der Waals surface area contributed by atoms with Crippen LogP contribution in [0.5, 0.6) is 0 Å². The van der Waals surface area contributed by atoms with Crippen LogP contribution in [0.1, 0.15) is 19.3 Å². The number of ether oxygens (including phenoxy) is 1. The van der Waals surface area contributed by atoms with Crippen LogP contribution in [0.2, 0.25) is 0 Å². The van der Waals surface area contributed by atoms with Gasteiger partial charge in [0.1, 0.15) is 5.76 Å². The van der Waals surface area contributed by atoms with Gasteiger partial charge in [0, 0.05) is 17.2 Å². The van der Waals surface area contributed by atoms with Crippen LogP contribution in [0.4, 0.5) is 0 Å².